The smallest absolute Gasteiger partial charge is 0.329 e. The number of hydrogen-bond acceptors (Lipinski definition) is 15. The standard InChI is InChI=1S/C42H65N8O10P/c1-3-35(43)33-48(44)19-22-55-24-26-57-28-30-59-31-29-58-27-25-56-23-20-50-42-36-13-7-6-12-34(36)32-49(38-15-9-8-14-37(38)41(42)46-47-50)40(52)17-16-39(51)45-18-10-4-5-11-21-60-61(53)54-2/h6-9,12-15,33,53H,3-5,10-11,16-32,43-44H2,1-2H3,(H,45,51)/b35-33-. The second-order valence-electron chi connectivity index (χ2n) is 14.0. The molecule has 1 aliphatic heterocycles. The molecule has 0 spiro atoms. The highest BCUT2D eigenvalue weighted by molar-refractivity contribution is 7.40. The SMILES string of the molecule is CC/C(N)=C/N(N)CCOCCOCCOCCOCCOCCn1nnc2c1-c1ccccc1CN(C(=O)CCC(=O)NCCCCCCOP(O)OC)c1ccccc1-2. The average Bonchev–Trinajstić information content (AvgIpc) is 3.68. The Morgan fingerprint density at radius 2 is 1.46 bits per heavy atom. The fraction of sp³-hybridized carbons (Fsp3) is 0.571. The summed E-state index contributed by atoms with van der Waals surface area (Å²) in [4.78, 5) is 37.6. The maximum atomic E-state index is 13.8. The van der Waals surface area contributed by atoms with Crippen LogP contribution in [0.15, 0.2) is 60.4 Å². The number of ether oxygens (including phenoxy) is 5. The highest BCUT2D eigenvalue weighted by Gasteiger charge is 2.29. The largest absolute Gasteiger partial charge is 0.401 e. The number of anilines is 1. The van der Waals surface area contributed by atoms with Gasteiger partial charge in [0.25, 0.3) is 0 Å². The first-order chi connectivity index (χ1) is 29.8. The minimum atomic E-state index is -1.79. The zero-order chi connectivity index (χ0) is 43.5. The number of hydrazine groups is 1. The molecule has 0 radical (unpaired) electrons. The molecule has 61 heavy (non-hydrogen) atoms. The summed E-state index contributed by atoms with van der Waals surface area (Å²) >= 11 is 0. The van der Waals surface area contributed by atoms with Gasteiger partial charge in [0.1, 0.15) is 5.69 Å². The Kier molecular flexibility index (Phi) is 23.8. The monoisotopic (exact) mass is 872 g/mol. The van der Waals surface area contributed by atoms with Crippen molar-refractivity contribution in [2.24, 2.45) is 11.6 Å². The van der Waals surface area contributed by atoms with Crippen molar-refractivity contribution in [1.29, 1.82) is 0 Å². The number of unbranched alkanes of at least 4 members (excludes halogenated alkanes) is 3. The van der Waals surface area contributed by atoms with E-state index >= 15 is 0 Å². The number of hydrogen-bond donors (Lipinski definition) is 4. The summed E-state index contributed by atoms with van der Waals surface area (Å²) < 4.78 is 39.9. The molecule has 0 aliphatic carbocycles. The molecule has 18 nitrogen and oxygen atoms in total. The number of carbonyl (C=O) groups is 2. The van der Waals surface area contributed by atoms with Gasteiger partial charge in [0, 0.05) is 49.5 Å². The lowest BCUT2D eigenvalue weighted by Crippen LogP contribution is -2.33. The Balaban J connectivity index is 1.15. The van der Waals surface area contributed by atoms with Gasteiger partial charge in [0.05, 0.1) is 104 Å². The van der Waals surface area contributed by atoms with Crippen LogP contribution < -0.4 is 21.8 Å². The third-order valence-corrected chi connectivity index (χ3v) is 10.3. The van der Waals surface area contributed by atoms with Crippen LogP contribution in [-0.4, -0.2) is 130 Å². The summed E-state index contributed by atoms with van der Waals surface area (Å²) in [5.74, 6) is 5.52. The maximum absolute atomic E-state index is 13.8. The van der Waals surface area contributed by atoms with E-state index in [-0.39, 0.29) is 24.7 Å². The van der Waals surface area contributed by atoms with E-state index < -0.39 is 8.60 Å². The van der Waals surface area contributed by atoms with E-state index in [2.05, 4.69) is 15.6 Å². The first-order valence-electron chi connectivity index (χ1n) is 21.0. The number of aromatic nitrogens is 3. The normalized spacial score (nSPS) is 12.9. The molecule has 1 unspecified atom stereocenters. The van der Waals surface area contributed by atoms with Crippen LogP contribution in [0, 0.1) is 0 Å². The van der Waals surface area contributed by atoms with Crippen LogP contribution in [0.2, 0.25) is 0 Å². The molecule has 6 N–H and O–H groups in total. The van der Waals surface area contributed by atoms with Crippen molar-refractivity contribution in [3.05, 3.63) is 66.0 Å². The molecule has 1 atom stereocenters. The molecule has 0 saturated heterocycles. The molecule has 338 valence electrons. The van der Waals surface area contributed by atoms with Crippen LogP contribution in [-0.2, 0) is 55.4 Å². The van der Waals surface area contributed by atoms with Crippen molar-refractivity contribution < 1.29 is 47.2 Å². The zero-order valence-electron chi connectivity index (χ0n) is 35.7. The van der Waals surface area contributed by atoms with Crippen LogP contribution in [0.3, 0.4) is 0 Å². The number of nitrogens with zero attached hydrogens (tertiary/aromatic N) is 5. The second kappa shape index (κ2) is 29.3. The lowest BCUT2D eigenvalue weighted by atomic mass is 9.95. The number of nitrogens with one attached hydrogen (secondary N) is 1. The van der Waals surface area contributed by atoms with Crippen LogP contribution in [0.25, 0.3) is 22.5 Å². The number of amides is 2. The molecule has 0 fully saturated rings. The summed E-state index contributed by atoms with van der Waals surface area (Å²) in [6.07, 6.45) is 6.05. The quantitative estimate of drug-likeness (QED) is 0.0298. The number of para-hydroxylation sites is 1. The first-order valence-corrected chi connectivity index (χ1v) is 22.2. The summed E-state index contributed by atoms with van der Waals surface area (Å²) in [7, 11) is -0.390. The number of fused-ring (bicyclic) bond motifs is 5. The van der Waals surface area contributed by atoms with Gasteiger partial charge >= 0.3 is 8.60 Å². The van der Waals surface area contributed by atoms with Crippen LogP contribution in [0.5, 0.6) is 0 Å². The topological polar surface area (TPSA) is 220 Å². The van der Waals surface area contributed by atoms with Crippen molar-refractivity contribution in [2.75, 3.05) is 97.8 Å². The number of rotatable bonds is 32. The molecule has 2 heterocycles. The van der Waals surface area contributed by atoms with Gasteiger partial charge in [-0.3, -0.25) is 9.59 Å². The molecule has 3 aromatic rings. The number of allylic oxidation sites excluding steroid dienone is 1. The molecule has 1 aromatic heterocycles. The zero-order valence-corrected chi connectivity index (χ0v) is 36.6. The Morgan fingerprint density at radius 3 is 2.15 bits per heavy atom. The average molecular weight is 873 g/mol. The van der Waals surface area contributed by atoms with Gasteiger partial charge < -0.3 is 58.6 Å². The number of nitrogens with two attached hydrogens (primary N) is 2. The van der Waals surface area contributed by atoms with E-state index in [1.54, 1.807) is 11.1 Å². The lowest BCUT2D eigenvalue weighted by Gasteiger charge is -2.28. The minimum absolute atomic E-state index is 0.0629. The number of benzene rings is 2. The molecule has 2 aromatic carbocycles. The van der Waals surface area contributed by atoms with Gasteiger partial charge in [-0.15, -0.1) is 5.10 Å². The highest BCUT2D eigenvalue weighted by Crippen LogP contribution is 2.41. The number of carbonyl (C=O) groups excluding carboxylic acids is 2. The lowest BCUT2D eigenvalue weighted by molar-refractivity contribution is -0.125. The first kappa shape index (κ1) is 49.6. The molecule has 19 heteroatoms. The van der Waals surface area contributed by atoms with E-state index in [9.17, 15) is 14.5 Å². The predicted molar refractivity (Wildman–Crippen MR) is 232 cm³/mol. The molecule has 1 aliphatic rings. The van der Waals surface area contributed by atoms with E-state index in [0.717, 1.165) is 60.2 Å². The third kappa shape index (κ3) is 18.1. The van der Waals surface area contributed by atoms with Gasteiger partial charge in [-0.2, -0.15) is 0 Å². The third-order valence-electron chi connectivity index (χ3n) is 9.57. The fourth-order valence-corrected chi connectivity index (χ4v) is 6.70. The van der Waals surface area contributed by atoms with Crippen molar-refractivity contribution in [1.82, 2.24) is 25.3 Å². The Bertz CT molecular complexity index is 1750. The minimum Gasteiger partial charge on any atom is -0.401 e. The molecular formula is C42H65N8O10P. The fourth-order valence-electron chi connectivity index (χ4n) is 6.31. The van der Waals surface area contributed by atoms with Crippen molar-refractivity contribution >= 4 is 26.1 Å². The van der Waals surface area contributed by atoms with Crippen LogP contribution >= 0.6 is 8.60 Å². The molecular weight excluding hydrogens is 807 g/mol. The molecule has 0 saturated carbocycles. The summed E-state index contributed by atoms with van der Waals surface area (Å²) in [6, 6.07) is 15.6. The van der Waals surface area contributed by atoms with Gasteiger partial charge in [-0.1, -0.05) is 67.4 Å². The molecule has 2 amide bonds. The highest BCUT2D eigenvalue weighted by atomic mass is 31.2. The summed E-state index contributed by atoms with van der Waals surface area (Å²) in [6.45, 7) is 8.77. The van der Waals surface area contributed by atoms with E-state index in [1.165, 1.54) is 12.1 Å². The van der Waals surface area contributed by atoms with E-state index in [4.69, 9.17) is 44.3 Å². The summed E-state index contributed by atoms with van der Waals surface area (Å²) in [5, 5.41) is 13.6. The van der Waals surface area contributed by atoms with Gasteiger partial charge in [0.15, 0.2) is 0 Å². The van der Waals surface area contributed by atoms with Gasteiger partial charge in [-0.25, -0.2) is 10.5 Å². The molecule has 0 bridgehead atoms. The van der Waals surface area contributed by atoms with Crippen molar-refractivity contribution in [3.63, 3.8) is 0 Å². The molecule has 4 rings (SSSR count). The van der Waals surface area contributed by atoms with E-state index in [0.29, 0.717) is 110 Å². The van der Waals surface area contributed by atoms with Crippen LogP contribution in [0.4, 0.5) is 5.69 Å². The second-order valence-corrected chi connectivity index (χ2v) is 15.1. The van der Waals surface area contributed by atoms with Gasteiger partial charge in [-0.05, 0) is 30.9 Å². The Hall–Kier alpha value is -4.07. The summed E-state index contributed by atoms with van der Waals surface area (Å²) in [5.41, 5.74) is 11.4. The van der Waals surface area contributed by atoms with Gasteiger partial charge in [0.2, 0.25) is 11.8 Å². The Labute approximate surface area is 360 Å². The van der Waals surface area contributed by atoms with Crippen molar-refractivity contribution in [2.45, 2.75) is 65.0 Å². The predicted octanol–water partition coefficient (Wildman–Crippen LogP) is 4.27. The van der Waals surface area contributed by atoms with Crippen molar-refractivity contribution in [3.8, 4) is 22.5 Å². The Morgan fingerprint density at radius 1 is 0.836 bits per heavy atom. The van der Waals surface area contributed by atoms with Crippen LogP contribution in [0.1, 0.15) is 57.4 Å². The maximum Gasteiger partial charge on any atom is 0.329 e. The van der Waals surface area contributed by atoms with E-state index in [1.807, 2.05) is 60.1 Å².